The predicted octanol–water partition coefficient (Wildman–Crippen LogP) is 7.78. The molecular weight excluding hydrogens is 474 g/mol. The van der Waals surface area contributed by atoms with Crippen molar-refractivity contribution in [2.24, 2.45) is 11.3 Å². The minimum atomic E-state index is -0.929. The lowest BCUT2D eigenvalue weighted by Gasteiger charge is -2.22. The topological polar surface area (TPSA) is 55.8 Å². The zero-order valence-electron chi connectivity index (χ0n) is 21.8. The summed E-state index contributed by atoms with van der Waals surface area (Å²) in [6, 6.07) is 15.4. The Hall–Kier alpha value is -3.41. The van der Waals surface area contributed by atoms with Crippen LogP contribution < -0.4 is 9.47 Å². The average Bonchev–Trinajstić information content (AvgIpc) is 3.67. The van der Waals surface area contributed by atoms with Gasteiger partial charge < -0.3 is 14.6 Å². The highest BCUT2D eigenvalue weighted by Gasteiger charge is 2.35. The van der Waals surface area contributed by atoms with Crippen LogP contribution in [0, 0.1) is 23.0 Å². The summed E-state index contributed by atoms with van der Waals surface area (Å²) in [6.07, 6.45) is 2.44. The summed E-state index contributed by atoms with van der Waals surface area (Å²) in [5.41, 5.74) is 3.40. The zero-order valence-corrected chi connectivity index (χ0v) is 21.8. The molecule has 4 nitrogen and oxygen atoms in total. The first-order valence-electron chi connectivity index (χ1n) is 12.6. The standard InChI is InChI=1S/C31H34F2O4/c1-31(2,3)17-21-14-19(8-12-23(21)26-15-22(36-4)11-13-27(26)32)18-37-28-7-5-6-24(30(28)33)25(16-29(34)35)20-9-10-20/h5-8,11-15,20,25H,9-10,16-18H2,1-4H3,(H,34,35)/t25-/m0/s1. The number of ether oxygens (including phenoxy) is 2. The van der Waals surface area contributed by atoms with Crippen LogP contribution >= 0.6 is 0 Å². The Morgan fingerprint density at radius 3 is 2.46 bits per heavy atom. The number of aliphatic carboxylic acids is 1. The fourth-order valence-electron chi connectivity index (χ4n) is 4.86. The maximum atomic E-state index is 15.4. The number of carboxylic acid groups (broad SMARTS) is 1. The minimum absolute atomic E-state index is 0.0496. The van der Waals surface area contributed by atoms with Gasteiger partial charge in [-0.05, 0) is 77.1 Å². The molecular formula is C31H34F2O4. The average molecular weight is 509 g/mol. The molecule has 1 aliphatic carbocycles. The Kier molecular flexibility index (Phi) is 7.86. The van der Waals surface area contributed by atoms with Crippen LogP contribution in [0.2, 0.25) is 0 Å². The van der Waals surface area contributed by atoms with Gasteiger partial charge in [0.25, 0.3) is 0 Å². The summed E-state index contributed by atoms with van der Waals surface area (Å²) in [7, 11) is 1.55. The molecule has 0 aliphatic heterocycles. The number of carbonyl (C=O) groups is 1. The number of benzene rings is 3. The van der Waals surface area contributed by atoms with E-state index in [0.717, 1.165) is 29.5 Å². The van der Waals surface area contributed by atoms with Crippen molar-refractivity contribution < 1.29 is 28.2 Å². The van der Waals surface area contributed by atoms with E-state index in [-0.39, 0.29) is 41.8 Å². The highest BCUT2D eigenvalue weighted by Crippen LogP contribution is 2.46. The van der Waals surface area contributed by atoms with Crippen LogP contribution in [0.3, 0.4) is 0 Å². The highest BCUT2D eigenvalue weighted by molar-refractivity contribution is 5.70. The quantitative estimate of drug-likeness (QED) is 0.304. The molecule has 1 saturated carbocycles. The van der Waals surface area contributed by atoms with Gasteiger partial charge >= 0.3 is 5.97 Å². The molecule has 4 rings (SSSR count). The maximum Gasteiger partial charge on any atom is 0.303 e. The van der Waals surface area contributed by atoms with Gasteiger partial charge in [0.2, 0.25) is 0 Å². The number of hydrogen-bond donors (Lipinski definition) is 1. The molecule has 0 saturated heterocycles. The highest BCUT2D eigenvalue weighted by atomic mass is 19.1. The molecule has 0 aromatic heterocycles. The lowest BCUT2D eigenvalue weighted by atomic mass is 9.84. The molecule has 0 amide bonds. The van der Waals surface area contributed by atoms with Gasteiger partial charge in [0, 0.05) is 11.5 Å². The van der Waals surface area contributed by atoms with Crippen LogP contribution in [0.5, 0.6) is 11.5 Å². The molecule has 1 fully saturated rings. The van der Waals surface area contributed by atoms with Gasteiger partial charge in [-0.2, -0.15) is 0 Å². The minimum Gasteiger partial charge on any atom is -0.497 e. The van der Waals surface area contributed by atoms with E-state index < -0.39 is 11.8 Å². The van der Waals surface area contributed by atoms with Gasteiger partial charge in [0.15, 0.2) is 11.6 Å². The number of carboxylic acids is 1. The van der Waals surface area contributed by atoms with Crippen molar-refractivity contribution in [3.8, 4) is 22.6 Å². The molecule has 1 aliphatic rings. The second kappa shape index (κ2) is 10.9. The van der Waals surface area contributed by atoms with E-state index in [1.165, 1.54) is 6.07 Å². The summed E-state index contributed by atoms with van der Waals surface area (Å²) in [6.45, 7) is 6.49. The molecule has 1 N–H and O–H groups in total. The maximum absolute atomic E-state index is 15.4. The lowest BCUT2D eigenvalue weighted by Crippen LogP contribution is -2.12. The molecule has 3 aromatic carbocycles. The Bertz CT molecular complexity index is 1270. The molecule has 0 bridgehead atoms. The van der Waals surface area contributed by atoms with Gasteiger partial charge in [-0.3, -0.25) is 4.79 Å². The Morgan fingerprint density at radius 2 is 1.81 bits per heavy atom. The second-order valence-electron chi connectivity index (χ2n) is 11.1. The summed E-state index contributed by atoms with van der Waals surface area (Å²) in [4.78, 5) is 11.4. The smallest absolute Gasteiger partial charge is 0.303 e. The van der Waals surface area contributed by atoms with E-state index in [1.807, 2.05) is 18.2 Å². The third kappa shape index (κ3) is 6.68. The molecule has 0 heterocycles. The zero-order chi connectivity index (χ0) is 26.7. The normalized spacial score (nSPS) is 14.3. The van der Waals surface area contributed by atoms with Crippen molar-refractivity contribution in [1.82, 2.24) is 0 Å². The van der Waals surface area contributed by atoms with Crippen molar-refractivity contribution in [3.63, 3.8) is 0 Å². The number of rotatable bonds is 10. The summed E-state index contributed by atoms with van der Waals surface area (Å²) >= 11 is 0. The predicted molar refractivity (Wildman–Crippen MR) is 140 cm³/mol. The molecule has 1 atom stereocenters. The van der Waals surface area contributed by atoms with Crippen LogP contribution in [0.25, 0.3) is 11.1 Å². The van der Waals surface area contributed by atoms with E-state index in [4.69, 9.17) is 9.47 Å². The summed E-state index contributed by atoms with van der Waals surface area (Å²) < 4.78 is 41.4. The van der Waals surface area contributed by atoms with Crippen LogP contribution in [-0.4, -0.2) is 18.2 Å². The molecule has 196 valence electrons. The lowest BCUT2D eigenvalue weighted by molar-refractivity contribution is -0.137. The monoisotopic (exact) mass is 508 g/mol. The van der Waals surface area contributed by atoms with E-state index in [0.29, 0.717) is 23.3 Å². The van der Waals surface area contributed by atoms with Crippen molar-refractivity contribution in [3.05, 3.63) is 82.9 Å². The van der Waals surface area contributed by atoms with Crippen molar-refractivity contribution in [2.45, 2.75) is 59.0 Å². The third-order valence-electron chi connectivity index (χ3n) is 6.73. The van der Waals surface area contributed by atoms with Crippen LogP contribution in [-0.2, 0) is 17.8 Å². The first kappa shape index (κ1) is 26.6. The Balaban J connectivity index is 1.61. The van der Waals surface area contributed by atoms with Crippen molar-refractivity contribution in [1.29, 1.82) is 0 Å². The van der Waals surface area contributed by atoms with E-state index >= 15 is 4.39 Å². The Morgan fingerprint density at radius 1 is 1.05 bits per heavy atom. The van der Waals surface area contributed by atoms with Gasteiger partial charge in [0.05, 0.1) is 13.5 Å². The largest absolute Gasteiger partial charge is 0.497 e. The number of halogens is 2. The molecule has 0 spiro atoms. The molecule has 37 heavy (non-hydrogen) atoms. The molecule has 6 heteroatoms. The SMILES string of the molecule is COc1ccc(F)c(-c2ccc(COc3cccc([C@@H](CC(=O)O)C4CC4)c3F)cc2CC(C)(C)C)c1. The summed E-state index contributed by atoms with van der Waals surface area (Å²) in [5, 5.41) is 9.31. The summed E-state index contributed by atoms with van der Waals surface area (Å²) in [5.74, 6) is -1.22. The fourth-order valence-corrected chi connectivity index (χ4v) is 4.86. The number of hydrogen-bond acceptors (Lipinski definition) is 3. The van der Waals surface area contributed by atoms with Crippen molar-refractivity contribution in [2.75, 3.05) is 7.11 Å². The second-order valence-corrected chi connectivity index (χ2v) is 11.1. The van der Waals surface area contributed by atoms with Gasteiger partial charge in [-0.25, -0.2) is 8.78 Å². The first-order valence-corrected chi connectivity index (χ1v) is 12.6. The van der Waals surface area contributed by atoms with Crippen LogP contribution in [0.15, 0.2) is 54.6 Å². The third-order valence-corrected chi connectivity index (χ3v) is 6.73. The van der Waals surface area contributed by atoms with Crippen LogP contribution in [0.1, 0.15) is 62.6 Å². The van der Waals surface area contributed by atoms with Gasteiger partial charge in [-0.15, -0.1) is 0 Å². The van der Waals surface area contributed by atoms with Gasteiger partial charge in [0.1, 0.15) is 18.2 Å². The van der Waals surface area contributed by atoms with E-state index in [1.54, 1.807) is 37.4 Å². The van der Waals surface area contributed by atoms with E-state index in [2.05, 4.69) is 20.8 Å². The van der Waals surface area contributed by atoms with Gasteiger partial charge in [-0.1, -0.05) is 51.1 Å². The van der Waals surface area contributed by atoms with E-state index in [9.17, 15) is 14.3 Å². The first-order chi connectivity index (χ1) is 17.6. The molecule has 0 unspecified atom stereocenters. The molecule has 3 aromatic rings. The fraction of sp³-hybridized carbons (Fsp3) is 0.387. The Labute approximate surface area is 217 Å². The van der Waals surface area contributed by atoms with Crippen LogP contribution in [0.4, 0.5) is 8.78 Å². The van der Waals surface area contributed by atoms with Crippen molar-refractivity contribution >= 4 is 5.97 Å². The molecule has 0 radical (unpaired) electrons. The number of methoxy groups -OCH3 is 1.